The molecule has 4 aliphatic rings. The molecule has 0 radical (unpaired) electrons. The number of anilines is 2. The molecule has 21 heteroatoms. The molecule has 0 aliphatic carbocycles. The van der Waals surface area contributed by atoms with Gasteiger partial charge in [0.25, 0.3) is 11.8 Å². The highest BCUT2D eigenvalue weighted by Gasteiger charge is 2.39. The predicted molar refractivity (Wildman–Crippen MR) is 250 cm³/mol. The Kier molecular flexibility index (Phi) is 11.8. The van der Waals surface area contributed by atoms with Gasteiger partial charge in [0.05, 0.1) is 61.0 Å². The number of benzene rings is 4. The van der Waals surface area contributed by atoms with Crippen molar-refractivity contribution in [1.82, 2.24) is 19.6 Å². The molecule has 6 aromatic rings. The number of nitrogens with zero attached hydrogens (tertiary/aromatic N) is 6. The Morgan fingerprint density at radius 3 is 1.65 bits per heavy atom. The lowest BCUT2D eigenvalue weighted by atomic mass is 9.95. The van der Waals surface area contributed by atoms with Gasteiger partial charge in [-0.3, -0.25) is 19.3 Å². The second kappa shape index (κ2) is 17.6. The zero-order valence-electron chi connectivity index (χ0n) is 35.6. The van der Waals surface area contributed by atoms with E-state index in [9.17, 15) is 33.7 Å². The minimum absolute atomic E-state index is 0.00629. The van der Waals surface area contributed by atoms with E-state index in [0.717, 1.165) is 46.9 Å². The highest BCUT2D eigenvalue weighted by atomic mass is 35.5. The number of carbonyl (C=O) groups is 3. The van der Waals surface area contributed by atoms with Crippen LogP contribution in [0.3, 0.4) is 0 Å². The van der Waals surface area contributed by atoms with Gasteiger partial charge in [0, 0.05) is 93.0 Å². The van der Waals surface area contributed by atoms with Crippen LogP contribution >= 0.6 is 45.9 Å². The number of nitriles is 2. The molecule has 68 heavy (non-hydrogen) atoms. The van der Waals surface area contributed by atoms with Crippen molar-refractivity contribution in [3.63, 3.8) is 0 Å². The first-order valence-electron chi connectivity index (χ1n) is 21.4. The molecule has 10 rings (SSSR count). The molecule has 0 saturated carbocycles. The molecule has 2 saturated heterocycles. The van der Waals surface area contributed by atoms with Gasteiger partial charge in [0.15, 0.2) is 11.5 Å². The maximum Gasteiger partial charge on any atom is 0.258 e. The van der Waals surface area contributed by atoms with E-state index in [1.807, 2.05) is 12.1 Å². The fourth-order valence-corrected chi connectivity index (χ4v) is 12.5. The molecule has 4 aromatic carbocycles. The summed E-state index contributed by atoms with van der Waals surface area (Å²) < 4.78 is 74.3. The Morgan fingerprint density at radius 1 is 0.691 bits per heavy atom. The van der Waals surface area contributed by atoms with Crippen molar-refractivity contribution >= 4 is 93.8 Å². The minimum Gasteiger partial charge on any atom is -0.491 e. The Bertz CT molecular complexity index is 3260. The maximum absolute atomic E-state index is 16.2. The van der Waals surface area contributed by atoms with E-state index in [2.05, 4.69) is 4.90 Å². The number of hydrogen-bond acceptors (Lipinski definition) is 12. The summed E-state index contributed by atoms with van der Waals surface area (Å²) in [4.78, 5) is 49.0. The molecular formula is C47H36Cl2F4N8O5S2. The predicted octanol–water partition coefficient (Wildman–Crippen LogP) is 8.66. The summed E-state index contributed by atoms with van der Waals surface area (Å²) in [6.45, 7) is 2.33. The third-order valence-corrected chi connectivity index (χ3v) is 15.9. The summed E-state index contributed by atoms with van der Waals surface area (Å²) in [6.07, 6.45) is 0.896. The number of fused-ring (bicyclic) bond motifs is 6. The summed E-state index contributed by atoms with van der Waals surface area (Å²) in [5.74, 6) is -4.19. The highest BCUT2D eigenvalue weighted by Crippen LogP contribution is 2.49. The number of ether oxygens (including phenoxy) is 2. The summed E-state index contributed by atoms with van der Waals surface area (Å²) in [6, 6.07) is 10.2. The lowest BCUT2D eigenvalue weighted by Gasteiger charge is -2.44. The first-order chi connectivity index (χ1) is 32.7. The smallest absolute Gasteiger partial charge is 0.258 e. The second-order valence-electron chi connectivity index (χ2n) is 16.8. The van der Waals surface area contributed by atoms with E-state index in [0.29, 0.717) is 32.5 Å². The highest BCUT2D eigenvalue weighted by molar-refractivity contribution is 7.23. The number of halogens is 6. The average molecular weight is 1000 g/mol. The minimum atomic E-state index is -0.876. The van der Waals surface area contributed by atoms with Gasteiger partial charge in [-0.05, 0) is 35.4 Å². The van der Waals surface area contributed by atoms with Crippen molar-refractivity contribution in [2.75, 3.05) is 70.5 Å². The van der Waals surface area contributed by atoms with Crippen LogP contribution in [0.4, 0.5) is 27.6 Å². The number of thiophene rings is 2. The van der Waals surface area contributed by atoms with Crippen LogP contribution in [0, 0.1) is 45.9 Å². The van der Waals surface area contributed by atoms with Crippen LogP contribution < -0.4 is 20.9 Å². The van der Waals surface area contributed by atoms with Gasteiger partial charge in [0.2, 0.25) is 5.91 Å². The van der Waals surface area contributed by atoms with Crippen molar-refractivity contribution in [3.8, 4) is 45.9 Å². The number of hydrogen-bond donors (Lipinski definition) is 2. The van der Waals surface area contributed by atoms with Crippen molar-refractivity contribution in [2.45, 2.75) is 31.3 Å². The van der Waals surface area contributed by atoms with E-state index in [4.69, 9.17) is 44.1 Å². The summed E-state index contributed by atoms with van der Waals surface area (Å²) in [7, 11) is 0. The largest absolute Gasteiger partial charge is 0.491 e. The van der Waals surface area contributed by atoms with E-state index in [1.165, 1.54) is 12.1 Å². The number of piperazine rings is 2. The quantitative estimate of drug-likeness (QED) is 0.159. The van der Waals surface area contributed by atoms with Gasteiger partial charge >= 0.3 is 0 Å². The summed E-state index contributed by atoms with van der Waals surface area (Å²) >= 11 is 15.4. The number of carbonyl (C=O) groups excluding carboxylic acids is 3. The Hall–Kier alpha value is -6.35. The molecule has 348 valence electrons. The zero-order chi connectivity index (χ0) is 47.9. The first-order valence-corrected chi connectivity index (χ1v) is 23.8. The molecule has 2 unspecified atom stereocenters. The zero-order valence-corrected chi connectivity index (χ0v) is 38.7. The van der Waals surface area contributed by atoms with E-state index in [1.54, 1.807) is 14.7 Å². The molecule has 4 aliphatic heterocycles. The number of nitrogens with two attached hydrogens (primary N) is 2. The standard InChI is InChI=1S/C47H36Cl2F4N8O5S2/c48-38-36(23-1-3-29(50)42-34(23)27(17-54)44(56)67-42)31(52)15-25-40(38)65-13-6-21-19-58(9-11-60(21)46(25)63)8-5-33(62)59-10-12-61-22(20-59)7-14-66-41-26(47(61)64)16-32(53)37(39(41)49)24-2-4-30(51)43-35(24)28(18-55)45(57)68-43/h1-4,15-16,21-22H,5-14,19-20,56-57H2. The summed E-state index contributed by atoms with van der Waals surface area (Å²) in [5, 5.41) is 19.6. The average Bonchev–Trinajstić information content (AvgIpc) is 3.85. The number of rotatable bonds is 5. The normalized spacial score (nSPS) is 18.6. The lowest BCUT2D eigenvalue weighted by Crippen LogP contribution is -2.58. The molecule has 2 aromatic heterocycles. The maximum atomic E-state index is 16.2. The molecular weight excluding hydrogens is 968 g/mol. The molecule has 0 bridgehead atoms. The Balaban J connectivity index is 0.799. The molecule has 3 amide bonds. The molecule has 13 nitrogen and oxygen atoms in total. The van der Waals surface area contributed by atoms with Crippen molar-refractivity contribution in [1.29, 1.82) is 10.5 Å². The van der Waals surface area contributed by atoms with Gasteiger partial charge in [0.1, 0.15) is 45.4 Å². The lowest BCUT2D eigenvalue weighted by molar-refractivity contribution is -0.134. The van der Waals surface area contributed by atoms with Crippen LogP contribution in [0.15, 0.2) is 36.4 Å². The number of amides is 3. The van der Waals surface area contributed by atoms with Crippen LogP contribution in [0.2, 0.25) is 10.0 Å². The monoisotopic (exact) mass is 1000 g/mol. The van der Waals surface area contributed by atoms with E-state index < -0.39 is 41.1 Å². The fraction of sp³-hybridized carbons (Fsp3) is 0.298. The third kappa shape index (κ3) is 7.39. The molecule has 2 fully saturated rings. The third-order valence-electron chi connectivity index (χ3n) is 13.2. The van der Waals surface area contributed by atoms with E-state index in [-0.39, 0.29) is 154 Å². The SMILES string of the molecule is N#Cc1c(N)sc2c(F)ccc(-c3c(F)cc4c(c3Cl)OCCC3CN(CCC(=O)N5CCN6C(=O)c7cc(F)c(-c8ccc(F)c9sc(N)c(C#N)c89)c(Cl)c7OCCC6C5)CCN3C4=O)c12. The number of nitrogen functional groups attached to an aromatic ring is 2. The Morgan fingerprint density at radius 2 is 1.16 bits per heavy atom. The van der Waals surface area contributed by atoms with Crippen LogP contribution in [0.25, 0.3) is 42.4 Å². The van der Waals surface area contributed by atoms with Gasteiger partial charge < -0.3 is 35.6 Å². The van der Waals surface area contributed by atoms with Crippen LogP contribution in [0.1, 0.15) is 51.1 Å². The summed E-state index contributed by atoms with van der Waals surface area (Å²) in [5.41, 5.74) is 11.8. The first kappa shape index (κ1) is 45.4. The molecule has 0 spiro atoms. The van der Waals surface area contributed by atoms with Gasteiger partial charge in [-0.25, -0.2) is 17.6 Å². The van der Waals surface area contributed by atoms with Gasteiger partial charge in [-0.2, -0.15) is 10.5 Å². The Labute approximate surface area is 403 Å². The van der Waals surface area contributed by atoms with Crippen LogP contribution in [0.5, 0.6) is 11.5 Å². The van der Waals surface area contributed by atoms with E-state index >= 15 is 8.78 Å². The molecule has 6 heterocycles. The van der Waals surface area contributed by atoms with Gasteiger partial charge in [-0.1, -0.05) is 35.3 Å². The fourth-order valence-electron chi connectivity index (χ4n) is 9.86. The molecule has 2 atom stereocenters. The van der Waals surface area contributed by atoms with Crippen LogP contribution in [-0.4, -0.2) is 108 Å². The van der Waals surface area contributed by atoms with Crippen LogP contribution in [-0.2, 0) is 4.79 Å². The van der Waals surface area contributed by atoms with Gasteiger partial charge in [-0.15, -0.1) is 22.7 Å². The van der Waals surface area contributed by atoms with Crippen molar-refractivity contribution in [3.05, 3.63) is 92.0 Å². The second-order valence-corrected chi connectivity index (χ2v) is 19.7. The van der Waals surface area contributed by atoms with Crippen molar-refractivity contribution in [2.24, 2.45) is 0 Å². The molecule has 4 N–H and O–H groups in total. The topological polar surface area (TPSA) is 182 Å². The van der Waals surface area contributed by atoms with Crippen molar-refractivity contribution < 1.29 is 41.4 Å².